The molecule has 1 N–H and O–H groups in total. The van der Waals surface area contributed by atoms with Crippen LogP contribution < -0.4 is 4.72 Å². The zero-order valence-corrected chi connectivity index (χ0v) is 14.5. The Morgan fingerprint density at radius 2 is 1.70 bits per heavy atom. The molecule has 0 aliphatic rings. The van der Waals surface area contributed by atoms with Crippen molar-refractivity contribution in [2.75, 3.05) is 11.8 Å². The first-order chi connectivity index (χ1) is 10.7. The van der Waals surface area contributed by atoms with Crippen molar-refractivity contribution in [3.8, 4) is 0 Å². The van der Waals surface area contributed by atoms with Gasteiger partial charge in [0.2, 0.25) is 0 Å². The molecule has 2 aromatic carbocycles. The minimum Gasteiger partial charge on any atom is -0.465 e. The van der Waals surface area contributed by atoms with Crippen LogP contribution in [-0.4, -0.2) is 21.5 Å². The van der Waals surface area contributed by atoms with E-state index >= 15 is 0 Å². The van der Waals surface area contributed by atoms with E-state index < -0.39 is 16.0 Å². The van der Waals surface area contributed by atoms with Crippen LogP contribution in [0.25, 0.3) is 0 Å². The van der Waals surface area contributed by atoms with E-state index in [1.807, 2.05) is 0 Å². The number of benzene rings is 2. The SMILES string of the molecule is COC(=O)c1ccc(NS(=O)(=O)c2cc(C)c(Cl)cc2C)cc1. The predicted molar refractivity (Wildman–Crippen MR) is 89.5 cm³/mol. The first kappa shape index (κ1) is 17.3. The summed E-state index contributed by atoms with van der Waals surface area (Å²) in [5.41, 5.74) is 1.93. The van der Waals surface area contributed by atoms with E-state index in [-0.39, 0.29) is 4.90 Å². The van der Waals surface area contributed by atoms with Gasteiger partial charge in [-0.3, -0.25) is 4.72 Å². The number of nitrogens with one attached hydrogen (secondary N) is 1. The summed E-state index contributed by atoms with van der Waals surface area (Å²) in [4.78, 5) is 11.5. The lowest BCUT2D eigenvalue weighted by Crippen LogP contribution is -2.14. The molecule has 2 rings (SSSR count). The first-order valence-corrected chi connectivity index (χ1v) is 8.58. The largest absolute Gasteiger partial charge is 0.465 e. The van der Waals surface area contributed by atoms with Crippen LogP contribution in [0.3, 0.4) is 0 Å². The molecule has 0 amide bonds. The molecule has 0 atom stereocenters. The van der Waals surface area contributed by atoms with E-state index in [1.54, 1.807) is 19.9 Å². The Bertz CT molecular complexity index is 845. The summed E-state index contributed by atoms with van der Waals surface area (Å²) in [6.07, 6.45) is 0. The molecule has 0 saturated carbocycles. The molecule has 2 aromatic rings. The Morgan fingerprint density at radius 3 is 2.26 bits per heavy atom. The number of carbonyl (C=O) groups excluding carboxylic acids is 1. The van der Waals surface area contributed by atoms with Crippen molar-refractivity contribution >= 4 is 33.3 Å². The van der Waals surface area contributed by atoms with Crippen molar-refractivity contribution < 1.29 is 17.9 Å². The molecule has 0 aliphatic carbocycles. The van der Waals surface area contributed by atoms with Gasteiger partial charge in [-0.1, -0.05) is 11.6 Å². The fraction of sp³-hybridized carbons (Fsp3) is 0.188. The lowest BCUT2D eigenvalue weighted by molar-refractivity contribution is 0.0601. The van der Waals surface area contributed by atoms with Gasteiger partial charge in [0.05, 0.1) is 17.6 Å². The minimum absolute atomic E-state index is 0.163. The Labute approximate surface area is 140 Å². The molecule has 0 bridgehead atoms. The van der Waals surface area contributed by atoms with Gasteiger partial charge in [-0.05, 0) is 61.4 Å². The molecule has 0 aliphatic heterocycles. The molecule has 0 saturated heterocycles. The van der Waals surface area contributed by atoms with E-state index in [0.29, 0.717) is 27.4 Å². The third-order valence-corrected chi connectivity index (χ3v) is 5.23. The highest BCUT2D eigenvalue weighted by molar-refractivity contribution is 7.92. The number of ether oxygens (including phenoxy) is 1. The number of hydrogen-bond acceptors (Lipinski definition) is 4. The number of anilines is 1. The Balaban J connectivity index is 2.32. The molecule has 0 unspecified atom stereocenters. The fourth-order valence-corrected chi connectivity index (χ4v) is 3.64. The highest BCUT2D eigenvalue weighted by atomic mass is 35.5. The first-order valence-electron chi connectivity index (χ1n) is 6.72. The van der Waals surface area contributed by atoms with Crippen molar-refractivity contribution in [3.63, 3.8) is 0 Å². The fourth-order valence-electron chi connectivity index (χ4n) is 2.05. The Morgan fingerprint density at radius 1 is 1.09 bits per heavy atom. The van der Waals surface area contributed by atoms with Crippen LogP contribution in [0, 0.1) is 13.8 Å². The number of hydrogen-bond donors (Lipinski definition) is 1. The quantitative estimate of drug-likeness (QED) is 0.853. The molecular weight excluding hydrogens is 338 g/mol. The van der Waals surface area contributed by atoms with Crippen LogP contribution in [0.1, 0.15) is 21.5 Å². The number of aryl methyl sites for hydroxylation is 2. The number of rotatable bonds is 4. The van der Waals surface area contributed by atoms with E-state index in [2.05, 4.69) is 9.46 Å². The Hall–Kier alpha value is -2.05. The maximum Gasteiger partial charge on any atom is 0.337 e. The van der Waals surface area contributed by atoms with Crippen molar-refractivity contribution in [2.24, 2.45) is 0 Å². The van der Waals surface area contributed by atoms with Crippen LogP contribution in [0.2, 0.25) is 5.02 Å². The highest BCUT2D eigenvalue weighted by Gasteiger charge is 2.18. The van der Waals surface area contributed by atoms with Gasteiger partial charge in [0.25, 0.3) is 10.0 Å². The molecular formula is C16H16ClNO4S. The summed E-state index contributed by atoms with van der Waals surface area (Å²) in [5, 5.41) is 0.517. The maximum absolute atomic E-state index is 12.5. The van der Waals surface area contributed by atoms with Gasteiger partial charge in [0, 0.05) is 10.7 Å². The highest BCUT2D eigenvalue weighted by Crippen LogP contribution is 2.25. The van der Waals surface area contributed by atoms with Crippen molar-refractivity contribution in [2.45, 2.75) is 18.7 Å². The minimum atomic E-state index is -3.75. The molecule has 0 radical (unpaired) electrons. The summed E-state index contributed by atoms with van der Waals surface area (Å²) in [7, 11) is -2.46. The van der Waals surface area contributed by atoms with Crippen molar-refractivity contribution in [1.82, 2.24) is 0 Å². The average molecular weight is 354 g/mol. The second kappa shape index (κ2) is 6.60. The van der Waals surface area contributed by atoms with E-state index in [1.165, 1.54) is 37.4 Å². The average Bonchev–Trinajstić information content (AvgIpc) is 2.50. The van der Waals surface area contributed by atoms with E-state index in [4.69, 9.17) is 11.6 Å². The number of halogens is 1. The van der Waals surface area contributed by atoms with Crippen LogP contribution in [0.4, 0.5) is 5.69 Å². The molecule has 7 heteroatoms. The maximum atomic E-state index is 12.5. The van der Waals surface area contributed by atoms with Gasteiger partial charge in [-0.25, -0.2) is 13.2 Å². The number of sulfonamides is 1. The van der Waals surface area contributed by atoms with Gasteiger partial charge in [0.1, 0.15) is 0 Å². The topological polar surface area (TPSA) is 72.5 Å². The molecule has 0 fully saturated rings. The van der Waals surface area contributed by atoms with Gasteiger partial charge in [-0.2, -0.15) is 0 Å². The summed E-state index contributed by atoms with van der Waals surface area (Å²) in [5.74, 6) is -0.483. The van der Waals surface area contributed by atoms with Gasteiger partial charge in [0.15, 0.2) is 0 Å². The summed E-state index contributed by atoms with van der Waals surface area (Å²) in [6, 6.07) is 9.13. The third-order valence-electron chi connectivity index (χ3n) is 3.30. The standard InChI is InChI=1S/C16H16ClNO4S/c1-10-9-15(11(2)8-14(10)17)23(20,21)18-13-6-4-12(5-7-13)16(19)22-3/h4-9,18H,1-3H3. The molecule has 0 spiro atoms. The number of methoxy groups -OCH3 is 1. The van der Waals surface area contributed by atoms with Crippen molar-refractivity contribution in [1.29, 1.82) is 0 Å². The number of carbonyl (C=O) groups is 1. The second-order valence-electron chi connectivity index (χ2n) is 5.04. The lowest BCUT2D eigenvalue weighted by atomic mass is 10.2. The molecule has 0 aromatic heterocycles. The molecule has 122 valence electrons. The van der Waals surface area contributed by atoms with Crippen LogP contribution in [0.5, 0.6) is 0 Å². The molecule has 0 heterocycles. The van der Waals surface area contributed by atoms with Gasteiger partial charge < -0.3 is 4.74 Å². The summed E-state index contributed by atoms with van der Waals surface area (Å²) < 4.78 is 32.1. The van der Waals surface area contributed by atoms with Crippen LogP contribution in [0.15, 0.2) is 41.3 Å². The second-order valence-corrected chi connectivity index (χ2v) is 7.10. The van der Waals surface area contributed by atoms with Crippen LogP contribution in [-0.2, 0) is 14.8 Å². The predicted octanol–water partition coefficient (Wildman–Crippen LogP) is 3.54. The van der Waals surface area contributed by atoms with E-state index in [0.717, 1.165) is 0 Å². The van der Waals surface area contributed by atoms with Crippen molar-refractivity contribution in [3.05, 3.63) is 58.1 Å². The van der Waals surface area contributed by atoms with Crippen LogP contribution >= 0.6 is 11.6 Å². The molecule has 23 heavy (non-hydrogen) atoms. The van der Waals surface area contributed by atoms with Gasteiger partial charge >= 0.3 is 5.97 Å². The summed E-state index contributed by atoms with van der Waals surface area (Å²) >= 11 is 6.00. The Kier molecular flexibility index (Phi) is 4.97. The monoisotopic (exact) mass is 353 g/mol. The molecule has 5 nitrogen and oxygen atoms in total. The zero-order chi connectivity index (χ0) is 17.2. The zero-order valence-electron chi connectivity index (χ0n) is 12.9. The lowest BCUT2D eigenvalue weighted by Gasteiger charge is -2.12. The number of esters is 1. The van der Waals surface area contributed by atoms with Gasteiger partial charge in [-0.15, -0.1) is 0 Å². The normalized spacial score (nSPS) is 11.1. The summed E-state index contributed by atoms with van der Waals surface area (Å²) in [6.45, 7) is 3.42. The van der Waals surface area contributed by atoms with E-state index in [9.17, 15) is 13.2 Å². The third kappa shape index (κ3) is 3.83. The smallest absolute Gasteiger partial charge is 0.337 e.